The number of aromatic amines is 1. The van der Waals surface area contributed by atoms with Crippen molar-refractivity contribution in [2.24, 2.45) is 0 Å². The number of thioether (sulfide) groups is 1. The third-order valence-corrected chi connectivity index (χ3v) is 4.40. The predicted molar refractivity (Wildman–Crippen MR) is 80.6 cm³/mol. The predicted octanol–water partition coefficient (Wildman–Crippen LogP) is 2.73. The van der Waals surface area contributed by atoms with Gasteiger partial charge < -0.3 is 4.98 Å². The molecule has 3 aromatic rings. The van der Waals surface area contributed by atoms with Crippen molar-refractivity contribution < 1.29 is 0 Å². The fourth-order valence-electron chi connectivity index (χ4n) is 2.38. The molecule has 5 heteroatoms. The zero-order valence-electron chi connectivity index (χ0n) is 10.6. The highest BCUT2D eigenvalue weighted by molar-refractivity contribution is 7.98. The number of fused-ring (bicyclic) bond motifs is 2. The number of H-pyrrole nitrogens is 1. The van der Waals surface area contributed by atoms with Crippen LogP contribution in [0, 0.1) is 0 Å². The molecule has 0 fully saturated rings. The van der Waals surface area contributed by atoms with Crippen molar-refractivity contribution in [1.29, 1.82) is 0 Å². The first-order chi connectivity index (χ1) is 9.81. The minimum atomic E-state index is -0.0371. The van der Waals surface area contributed by atoms with Crippen LogP contribution in [0.15, 0.2) is 41.2 Å². The van der Waals surface area contributed by atoms with Crippen molar-refractivity contribution in [3.05, 3.63) is 58.0 Å². The topological polar surface area (TPSA) is 58.6 Å². The van der Waals surface area contributed by atoms with E-state index in [1.165, 1.54) is 0 Å². The standard InChI is InChI=1S/C15H11N3OS/c19-15-10-7-20-8-13(10)17-14(18-15)12-6-5-9-3-1-2-4-11(9)16-12/h1-6H,7-8H2,(H,17,18,19). The van der Waals surface area contributed by atoms with E-state index in [4.69, 9.17) is 0 Å². The summed E-state index contributed by atoms with van der Waals surface area (Å²) in [7, 11) is 0. The van der Waals surface area contributed by atoms with Crippen LogP contribution >= 0.6 is 11.8 Å². The number of aromatic nitrogens is 3. The molecule has 3 heterocycles. The van der Waals surface area contributed by atoms with Gasteiger partial charge in [0.05, 0.1) is 11.2 Å². The first-order valence-corrected chi connectivity index (χ1v) is 7.53. The number of hydrogen-bond donors (Lipinski definition) is 1. The summed E-state index contributed by atoms with van der Waals surface area (Å²) in [5, 5.41) is 1.08. The summed E-state index contributed by atoms with van der Waals surface area (Å²) in [4.78, 5) is 24.0. The van der Waals surface area contributed by atoms with Crippen molar-refractivity contribution in [2.45, 2.75) is 11.5 Å². The summed E-state index contributed by atoms with van der Waals surface area (Å²) in [5.41, 5.74) is 3.27. The van der Waals surface area contributed by atoms with E-state index in [1.54, 1.807) is 11.8 Å². The van der Waals surface area contributed by atoms with Crippen molar-refractivity contribution in [3.8, 4) is 11.5 Å². The number of rotatable bonds is 1. The van der Waals surface area contributed by atoms with Gasteiger partial charge in [0, 0.05) is 22.5 Å². The van der Waals surface area contributed by atoms with Crippen LogP contribution in [0.1, 0.15) is 11.3 Å². The number of nitrogens with zero attached hydrogens (tertiary/aromatic N) is 2. The maximum absolute atomic E-state index is 12.0. The molecule has 0 amide bonds. The highest BCUT2D eigenvalue weighted by Gasteiger charge is 2.18. The molecule has 1 N–H and O–H groups in total. The highest BCUT2D eigenvalue weighted by Crippen LogP contribution is 2.27. The number of para-hydroxylation sites is 1. The number of benzene rings is 1. The van der Waals surface area contributed by atoms with Gasteiger partial charge in [-0.1, -0.05) is 24.3 Å². The second-order valence-corrected chi connectivity index (χ2v) is 5.71. The summed E-state index contributed by atoms with van der Waals surface area (Å²) >= 11 is 1.72. The molecule has 0 bridgehead atoms. The van der Waals surface area contributed by atoms with Crippen LogP contribution < -0.4 is 5.56 Å². The lowest BCUT2D eigenvalue weighted by Crippen LogP contribution is -2.15. The molecule has 4 rings (SSSR count). The molecule has 0 saturated heterocycles. The largest absolute Gasteiger partial charge is 0.305 e. The summed E-state index contributed by atoms with van der Waals surface area (Å²) in [6.07, 6.45) is 0. The Morgan fingerprint density at radius 3 is 2.90 bits per heavy atom. The molecule has 1 aliphatic heterocycles. The third kappa shape index (κ3) is 1.82. The second kappa shape index (κ2) is 4.45. The van der Waals surface area contributed by atoms with E-state index in [2.05, 4.69) is 15.0 Å². The van der Waals surface area contributed by atoms with Gasteiger partial charge in [0.25, 0.3) is 5.56 Å². The van der Waals surface area contributed by atoms with E-state index in [9.17, 15) is 4.79 Å². The minimum Gasteiger partial charge on any atom is -0.305 e. The van der Waals surface area contributed by atoms with Gasteiger partial charge in [-0.15, -0.1) is 0 Å². The summed E-state index contributed by atoms with van der Waals surface area (Å²) < 4.78 is 0. The maximum atomic E-state index is 12.0. The molecule has 0 spiro atoms. The first-order valence-electron chi connectivity index (χ1n) is 6.37. The Morgan fingerprint density at radius 2 is 1.95 bits per heavy atom. The van der Waals surface area contributed by atoms with E-state index in [0.717, 1.165) is 33.7 Å². The zero-order chi connectivity index (χ0) is 13.5. The summed E-state index contributed by atoms with van der Waals surface area (Å²) in [5.74, 6) is 2.12. The molecule has 1 aromatic carbocycles. The van der Waals surface area contributed by atoms with Gasteiger partial charge in [-0.2, -0.15) is 11.8 Å². The molecule has 0 unspecified atom stereocenters. The SMILES string of the molecule is O=c1[nH]c(-c2ccc3ccccc3n2)nc2c1CSC2. The molecule has 1 aliphatic rings. The van der Waals surface area contributed by atoms with Crippen LogP contribution in [0.2, 0.25) is 0 Å². The molecule has 0 aliphatic carbocycles. The average molecular weight is 281 g/mol. The molecule has 0 atom stereocenters. The lowest BCUT2D eigenvalue weighted by atomic mass is 10.2. The van der Waals surface area contributed by atoms with E-state index < -0.39 is 0 Å². The van der Waals surface area contributed by atoms with Gasteiger partial charge in [0.2, 0.25) is 0 Å². The van der Waals surface area contributed by atoms with Gasteiger partial charge in [-0.05, 0) is 12.1 Å². The van der Waals surface area contributed by atoms with Crippen LogP contribution in [-0.4, -0.2) is 15.0 Å². The number of hydrogen-bond acceptors (Lipinski definition) is 4. The first kappa shape index (κ1) is 11.7. The third-order valence-electron chi connectivity index (χ3n) is 3.43. The molecule has 4 nitrogen and oxygen atoms in total. The van der Waals surface area contributed by atoms with Crippen molar-refractivity contribution in [2.75, 3.05) is 0 Å². The maximum Gasteiger partial charge on any atom is 0.255 e. The molecular weight excluding hydrogens is 270 g/mol. The van der Waals surface area contributed by atoms with Crippen molar-refractivity contribution in [3.63, 3.8) is 0 Å². The van der Waals surface area contributed by atoms with Crippen LogP contribution in [-0.2, 0) is 11.5 Å². The van der Waals surface area contributed by atoms with Crippen LogP contribution in [0.4, 0.5) is 0 Å². The second-order valence-electron chi connectivity index (χ2n) is 4.72. The van der Waals surface area contributed by atoms with Crippen molar-refractivity contribution in [1.82, 2.24) is 15.0 Å². The Labute approximate surface area is 119 Å². The highest BCUT2D eigenvalue weighted by atomic mass is 32.2. The molecule has 0 saturated carbocycles. The molecule has 2 aromatic heterocycles. The molecule has 0 radical (unpaired) electrons. The lowest BCUT2D eigenvalue weighted by Gasteiger charge is -2.04. The zero-order valence-corrected chi connectivity index (χ0v) is 11.4. The monoisotopic (exact) mass is 281 g/mol. The molecule has 98 valence electrons. The van der Waals surface area contributed by atoms with E-state index in [0.29, 0.717) is 11.5 Å². The van der Waals surface area contributed by atoms with Gasteiger partial charge in [-0.25, -0.2) is 9.97 Å². The van der Waals surface area contributed by atoms with Crippen molar-refractivity contribution >= 4 is 22.7 Å². The van der Waals surface area contributed by atoms with Crippen LogP contribution in [0.5, 0.6) is 0 Å². The van der Waals surface area contributed by atoms with Gasteiger partial charge >= 0.3 is 0 Å². The average Bonchev–Trinajstić information content (AvgIpc) is 2.96. The summed E-state index contributed by atoms with van der Waals surface area (Å²) in [6, 6.07) is 11.8. The smallest absolute Gasteiger partial charge is 0.255 e. The Bertz CT molecular complexity index is 872. The minimum absolute atomic E-state index is 0.0371. The van der Waals surface area contributed by atoms with Gasteiger partial charge in [0.1, 0.15) is 5.69 Å². The normalized spacial score (nSPS) is 13.6. The van der Waals surface area contributed by atoms with Crippen LogP contribution in [0.25, 0.3) is 22.4 Å². The number of pyridine rings is 1. The lowest BCUT2D eigenvalue weighted by molar-refractivity contribution is 1.02. The Kier molecular flexibility index (Phi) is 2.60. The van der Waals surface area contributed by atoms with Gasteiger partial charge in [-0.3, -0.25) is 4.79 Å². The fourth-order valence-corrected chi connectivity index (χ4v) is 3.42. The van der Waals surface area contributed by atoms with Gasteiger partial charge in [0.15, 0.2) is 5.82 Å². The number of nitrogens with one attached hydrogen (secondary N) is 1. The Morgan fingerprint density at radius 1 is 1.05 bits per heavy atom. The quantitative estimate of drug-likeness (QED) is 0.745. The van der Waals surface area contributed by atoms with E-state index in [-0.39, 0.29) is 5.56 Å². The molecule has 20 heavy (non-hydrogen) atoms. The van der Waals surface area contributed by atoms with E-state index in [1.807, 2.05) is 36.4 Å². The summed E-state index contributed by atoms with van der Waals surface area (Å²) in [6.45, 7) is 0. The Hall–Kier alpha value is -2.14. The fraction of sp³-hybridized carbons (Fsp3) is 0.133. The van der Waals surface area contributed by atoms with Crippen LogP contribution in [0.3, 0.4) is 0 Å². The molecular formula is C15H11N3OS. The Balaban J connectivity index is 1.91. The van der Waals surface area contributed by atoms with E-state index >= 15 is 0 Å².